The summed E-state index contributed by atoms with van der Waals surface area (Å²) < 4.78 is 0. The Balaban J connectivity index is 2.01. The van der Waals surface area contributed by atoms with E-state index in [2.05, 4.69) is 117 Å². The summed E-state index contributed by atoms with van der Waals surface area (Å²) in [6, 6.07) is 20.7. The lowest BCUT2D eigenvalue weighted by Gasteiger charge is -2.37. The number of carbonyl (C=O) groups is 1. The molecule has 0 heterocycles. The molecule has 0 amide bonds. The Bertz CT molecular complexity index is 1400. The third-order valence-electron chi connectivity index (χ3n) is 8.30. The number of carbonyl (C=O) groups excluding carboxylic acids is 1. The van der Waals surface area contributed by atoms with Crippen LogP contribution < -0.4 is 0 Å². The Morgan fingerprint density at radius 2 is 1.28 bits per heavy atom. The third kappa shape index (κ3) is 5.66. The van der Waals surface area contributed by atoms with E-state index in [1.807, 2.05) is 24.3 Å². The molecular weight excluding hydrogens is 476 g/mol. The number of benzene rings is 2. The van der Waals surface area contributed by atoms with Crippen molar-refractivity contribution in [3.8, 4) is 0 Å². The van der Waals surface area contributed by atoms with Gasteiger partial charge in [-0.2, -0.15) is 0 Å². The van der Waals surface area contributed by atoms with Crippen LogP contribution in [0.2, 0.25) is 0 Å². The highest BCUT2D eigenvalue weighted by atomic mass is 16.3. The molecule has 2 aliphatic carbocycles. The minimum absolute atomic E-state index is 0.0437. The summed E-state index contributed by atoms with van der Waals surface area (Å²) in [6.07, 6.45) is 6.35. The lowest BCUT2D eigenvalue weighted by Crippen LogP contribution is -2.28. The van der Waals surface area contributed by atoms with Crippen LogP contribution >= 0.6 is 0 Å². The molecule has 3 atom stereocenters. The average Bonchev–Trinajstić information content (AvgIpc) is 2.88. The molecular formula is C37H44O2. The fraction of sp³-hybridized carbons (Fsp3) is 0.378. The molecule has 0 radical (unpaired) electrons. The molecule has 0 spiro atoms. The number of aliphatic hydroxyl groups is 1. The van der Waals surface area contributed by atoms with Crippen LogP contribution in [-0.2, 0) is 4.79 Å². The summed E-state index contributed by atoms with van der Waals surface area (Å²) in [5.41, 5.74) is 7.65. The number of hydrogen-bond acceptors (Lipinski definition) is 2. The van der Waals surface area contributed by atoms with Crippen molar-refractivity contribution in [3.05, 3.63) is 129 Å². The molecule has 0 aliphatic heterocycles. The first kappa shape index (κ1) is 28.6. The van der Waals surface area contributed by atoms with E-state index in [-0.39, 0.29) is 34.4 Å². The normalized spacial score (nSPS) is 22.2. The van der Waals surface area contributed by atoms with Crippen molar-refractivity contribution >= 4 is 5.78 Å². The SMILES string of the molecule is CC1=CC(C(C)(C)C)=C(O)C(C(C)c2ccccc2)C1=C1C=C(C(C)c2ccccc2)C(=O)C(C(C)(C)C)=C1. The summed E-state index contributed by atoms with van der Waals surface area (Å²) in [4.78, 5) is 13.9. The minimum Gasteiger partial charge on any atom is -0.511 e. The van der Waals surface area contributed by atoms with Crippen molar-refractivity contribution in [1.82, 2.24) is 0 Å². The van der Waals surface area contributed by atoms with Crippen molar-refractivity contribution in [2.24, 2.45) is 16.7 Å². The minimum atomic E-state index is -0.319. The maximum Gasteiger partial charge on any atom is 0.186 e. The molecule has 2 aromatic rings. The van der Waals surface area contributed by atoms with Gasteiger partial charge in [-0.25, -0.2) is 0 Å². The van der Waals surface area contributed by atoms with Gasteiger partial charge in [-0.3, -0.25) is 4.79 Å². The van der Waals surface area contributed by atoms with Gasteiger partial charge in [0.05, 0.1) is 0 Å². The van der Waals surface area contributed by atoms with Gasteiger partial charge in [-0.05, 0) is 69.2 Å². The van der Waals surface area contributed by atoms with Gasteiger partial charge in [0.1, 0.15) is 5.76 Å². The van der Waals surface area contributed by atoms with Gasteiger partial charge in [0.15, 0.2) is 5.78 Å². The summed E-state index contributed by atoms with van der Waals surface area (Å²) in [6.45, 7) is 19.3. The zero-order chi connectivity index (χ0) is 28.7. The molecule has 3 unspecified atom stereocenters. The first-order valence-corrected chi connectivity index (χ1v) is 14.2. The molecule has 2 nitrogen and oxygen atoms in total. The Morgan fingerprint density at radius 3 is 1.79 bits per heavy atom. The molecule has 39 heavy (non-hydrogen) atoms. The highest BCUT2D eigenvalue weighted by Gasteiger charge is 2.39. The molecule has 2 heteroatoms. The molecule has 1 N–H and O–H groups in total. The molecule has 0 aromatic heterocycles. The van der Waals surface area contributed by atoms with E-state index >= 15 is 0 Å². The van der Waals surface area contributed by atoms with Gasteiger partial charge in [0, 0.05) is 23.0 Å². The molecule has 4 rings (SSSR count). The second kappa shape index (κ2) is 10.6. The Morgan fingerprint density at radius 1 is 0.744 bits per heavy atom. The Kier molecular flexibility index (Phi) is 7.81. The maximum atomic E-state index is 13.9. The quantitative estimate of drug-likeness (QED) is 0.435. The van der Waals surface area contributed by atoms with Gasteiger partial charge in [0.25, 0.3) is 0 Å². The van der Waals surface area contributed by atoms with E-state index < -0.39 is 0 Å². The van der Waals surface area contributed by atoms with Crippen LogP contribution in [-0.4, -0.2) is 10.9 Å². The second-order valence-electron chi connectivity index (χ2n) is 13.3. The van der Waals surface area contributed by atoms with Crippen LogP contribution in [0.1, 0.15) is 85.3 Å². The van der Waals surface area contributed by atoms with Crippen LogP contribution in [0.15, 0.2) is 118 Å². The predicted molar refractivity (Wildman–Crippen MR) is 164 cm³/mol. The van der Waals surface area contributed by atoms with E-state index in [9.17, 15) is 9.90 Å². The predicted octanol–water partition coefficient (Wildman–Crippen LogP) is 9.81. The van der Waals surface area contributed by atoms with E-state index in [1.165, 1.54) is 5.56 Å². The summed E-state index contributed by atoms with van der Waals surface area (Å²) in [5.74, 6) is 0.315. The smallest absolute Gasteiger partial charge is 0.186 e. The van der Waals surface area contributed by atoms with Crippen LogP contribution in [0.5, 0.6) is 0 Å². The standard InChI is InChI=1S/C37H44O2/c1-23-20-30(36(4,5)6)35(39)33(25(3)27-18-14-11-15-19-27)32(23)28-21-29(24(2)26-16-12-10-13-17-26)34(38)31(22-28)37(7,8)9/h10-22,24-25,33,39H,1-9H3. The van der Waals surface area contributed by atoms with Crippen LogP contribution in [0, 0.1) is 16.7 Å². The first-order chi connectivity index (χ1) is 18.2. The molecule has 2 aromatic carbocycles. The van der Waals surface area contributed by atoms with E-state index in [0.29, 0.717) is 5.76 Å². The number of allylic oxidation sites excluding steroid dienone is 9. The van der Waals surface area contributed by atoms with E-state index in [1.54, 1.807) is 0 Å². The first-order valence-electron chi connectivity index (χ1n) is 14.2. The summed E-state index contributed by atoms with van der Waals surface area (Å²) >= 11 is 0. The van der Waals surface area contributed by atoms with Gasteiger partial charge < -0.3 is 5.11 Å². The van der Waals surface area contributed by atoms with E-state index in [4.69, 9.17) is 0 Å². The Hall–Kier alpha value is -3.39. The monoisotopic (exact) mass is 520 g/mol. The highest BCUT2D eigenvalue weighted by molar-refractivity contribution is 6.12. The number of ketones is 1. The fourth-order valence-corrected chi connectivity index (χ4v) is 5.97. The van der Waals surface area contributed by atoms with Crippen molar-refractivity contribution < 1.29 is 9.90 Å². The molecule has 204 valence electrons. The second-order valence-corrected chi connectivity index (χ2v) is 13.3. The molecule has 0 saturated heterocycles. The van der Waals surface area contributed by atoms with Crippen molar-refractivity contribution in [3.63, 3.8) is 0 Å². The molecule has 2 aliphatic rings. The van der Waals surface area contributed by atoms with E-state index in [0.717, 1.165) is 39.0 Å². The number of hydrogen-bond donors (Lipinski definition) is 1. The summed E-state index contributed by atoms with van der Waals surface area (Å²) in [7, 11) is 0. The molecule has 0 fully saturated rings. The maximum absolute atomic E-state index is 13.9. The Labute approximate surface area is 235 Å². The lowest BCUT2D eigenvalue weighted by atomic mass is 9.67. The fourth-order valence-electron chi connectivity index (χ4n) is 5.97. The van der Waals surface area contributed by atoms with Gasteiger partial charge in [-0.15, -0.1) is 0 Å². The van der Waals surface area contributed by atoms with Crippen LogP contribution in [0.3, 0.4) is 0 Å². The molecule has 0 bridgehead atoms. The summed E-state index contributed by atoms with van der Waals surface area (Å²) in [5, 5.41) is 11.9. The average molecular weight is 521 g/mol. The zero-order valence-electron chi connectivity index (χ0n) is 25.1. The van der Waals surface area contributed by atoms with Gasteiger partial charge in [0.2, 0.25) is 0 Å². The van der Waals surface area contributed by atoms with Crippen molar-refractivity contribution in [2.45, 2.75) is 74.1 Å². The van der Waals surface area contributed by atoms with Crippen LogP contribution in [0.25, 0.3) is 0 Å². The number of Topliss-reactive ketones (excluding diaryl/α,β-unsaturated/α-hetero) is 1. The number of rotatable bonds is 4. The van der Waals surface area contributed by atoms with Gasteiger partial charge >= 0.3 is 0 Å². The highest BCUT2D eigenvalue weighted by Crippen LogP contribution is 2.49. The lowest BCUT2D eigenvalue weighted by molar-refractivity contribution is -0.113. The zero-order valence-corrected chi connectivity index (χ0v) is 25.1. The number of aliphatic hydroxyl groups excluding tert-OH is 1. The van der Waals surface area contributed by atoms with Crippen LogP contribution in [0.4, 0.5) is 0 Å². The van der Waals surface area contributed by atoms with Gasteiger partial charge in [-0.1, -0.05) is 122 Å². The topological polar surface area (TPSA) is 37.3 Å². The van der Waals surface area contributed by atoms with Crippen molar-refractivity contribution in [1.29, 1.82) is 0 Å². The third-order valence-corrected chi connectivity index (χ3v) is 8.30. The largest absolute Gasteiger partial charge is 0.511 e. The van der Waals surface area contributed by atoms with Crippen molar-refractivity contribution in [2.75, 3.05) is 0 Å². The molecule has 0 saturated carbocycles.